The molecule has 0 atom stereocenters. The maximum Gasteiger partial charge on any atom is 0.291 e. The Bertz CT molecular complexity index is 407. The van der Waals surface area contributed by atoms with Crippen LogP contribution in [0.15, 0.2) is 49.1 Å². The predicted molar refractivity (Wildman–Crippen MR) is 63.7 cm³/mol. The second-order valence-electron chi connectivity index (χ2n) is 3.11. The molecule has 1 aromatic rings. The van der Waals surface area contributed by atoms with Gasteiger partial charge >= 0.3 is 0 Å². The number of hydrogen-bond acceptors (Lipinski definition) is 2. The first-order valence-electron chi connectivity index (χ1n) is 4.90. The molecule has 0 aliphatic heterocycles. The molecule has 0 bridgehead atoms. The van der Waals surface area contributed by atoms with E-state index < -0.39 is 11.7 Å². The maximum atomic E-state index is 11.3. The number of carbonyl (C=O) groups is 2. The van der Waals surface area contributed by atoms with Gasteiger partial charge in [-0.3, -0.25) is 9.59 Å². The molecule has 0 heterocycles. The van der Waals surface area contributed by atoms with Crippen molar-refractivity contribution < 1.29 is 9.59 Å². The first-order valence-corrected chi connectivity index (χ1v) is 4.90. The number of carbonyl (C=O) groups excluding carboxylic acids is 2. The molecule has 0 unspecified atom stereocenters. The van der Waals surface area contributed by atoms with E-state index in [1.54, 1.807) is 6.08 Å². The van der Waals surface area contributed by atoms with E-state index >= 15 is 0 Å². The Morgan fingerprint density at radius 3 is 2.56 bits per heavy atom. The van der Waals surface area contributed by atoms with Crippen LogP contribution in [-0.2, 0) is 9.59 Å². The molecule has 0 aromatic heterocycles. The number of ketones is 1. The lowest BCUT2D eigenvalue weighted by molar-refractivity contribution is -0.135. The van der Waals surface area contributed by atoms with Gasteiger partial charge < -0.3 is 5.32 Å². The lowest BCUT2D eigenvalue weighted by atomic mass is 10.2. The molecule has 1 aromatic carbocycles. The Morgan fingerprint density at radius 1 is 1.25 bits per heavy atom. The summed E-state index contributed by atoms with van der Waals surface area (Å²) in [6.45, 7) is 3.74. The van der Waals surface area contributed by atoms with E-state index in [0.717, 1.165) is 5.56 Å². The summed E-state index contributed by atoms with van der Waals surface area (Å²) in [5.41, 5.74) is 0.882. The fourth-order valence-electron chi connectivity index (χ4n) is 1.06. The highest BCUT2D eigenvalue weighted by molar-refractivity contribution is 6.41. The van der Waals surface area contributed by atoms with E-state index in [1.807, 2.05) is 30.3 Å². The van der Waals surface area contributed by atoms with Gasteiger partial charge in [0, 0.05) is 6.54 Å². The van der Waals surface area contributed by atoms with Crippen LogP contribution < -0.4 is 5.32 Å². The third kappa shape index (κ3) is 3.92. The Labute approximate surface area is 94.5 Å². The molecule has 3 heteroatoms. The van der Waals surface area contributed by atoms with Crippen molar-refractivity contribution in [2.24, 2.45) is 0 Å². The molecule has 0 spiro atoms. The van der Waals surface area contributed by atoms with E-state index in [-0.39, 0.29) is 0 Å². The van der Waals surface area contributed by atoms with Crippen LogP contribution in [-0.4, -0.2) is 18.2 Å². The average molecular weight is 215 g/mol. The summed E-state index contributed by atoms with van der Waals surface area (Å²) in [4.78, 5) is 22.5. The van der Waals surface area contributed by atoms with Crippen LogP contribution in [0.5, 0.6) is 0 Å². The van der Waals surface area contributed by atoms with Gasteiger partial charge in [-0.1, -0.05) is 42.5 Å². The minimum Gasteiger partial charge on any atom is -0.346 e. The van der Waals surface area contributed by atoms with Gasteiger partial charge in [-0.05, 0) is 11.6 Å². The predicted octanol–water partition coefficient (Wildman–Crippen LogP) is 1.57. The van der Waals surface area contributed by atoms with Crippen molar-refractivity contribution >= 4 is 17.8 Å². The topological polar surface area (TPSA) is 46.2 Å². The molecule has 0 radical (unpaired) electrons. The van der Waals surface area contributed by atoms with Crippen LogP contribution in [0.4, 0.5) is 0 Å². The molecular weight excluding hydrogens is 202 g/mol. The van der Waals surface area contributed by atoms with Crippen molar-refractivity contribution in [3.63, 3.8) is 0 Å². The van der Waals surface area contributed by atoms with E-state index in [0.29, 0.717) is 6.54 Å². The quantitative estimate of drug-likeness (QED) is 0.460. The van der Waals surface area contributed by atoms with Crippen LogP contribution in [0.25, 0.3) is 6.08 Å². The summed E-state index contributed by atoms with van der Waals surface area (Å²) >= 11 is 0. The molecule has 1 N–H and O–H groups in total. The summed E-state index contributed by atoms with van der Waals surface area (Å²) in [7, 11) is 0. The molecule has 0 aliphatic rings. The lowest BCUT2D eigenvalue weighted by Gasteiger charge is -1.96. The number of benzene rings is 1. The average Bonchev–Trinajstić information content (AvgIpc) is 2.34. The van der Waals surface area contributed by atoms with Gasteiger partial charge in [-0.15, -0.1) is 6.58 Å². The van der Waals surface area contributed by atoms with Crippen molar-refractivity contribution in [2.75, 3.05) is 6.54 Å². The van der Waals surface area contributed by atoms with E-state index in [4.69, 9.17) is 0 Å². The third-order valence-corrected chi connectivity index (χ3v) is 1.86. The highest BCUT2D eigenvalue weighted by Crippen LogP contribution is 2.00. The van der Waals surface area contributed by atoms with Gasteiger partial charge in [0.25, 0.3) is 5.91 Å². The second-order valence-corrected chi connectivity index (χ2v) is 3.11. The minimum atomic E-state index is -0.618. The normalized spacial score (nSPS) is 10.0. The monoisotopic (exact) mass is 215 g/mol. The smallest absolute Gasteiger partial charge is 0.291 e. The molecule has 0 aliphatic carbocycles. The zero-order chi connectivity index (χ0) is 11.8. The third-order valence-electron chi connectivity index (χ3n) is 1.86. The summed E-state index contributed by atoms with van der Waals surface area (Å²) in [5, 5.41) is 2.41. The van der Waals surface area contributed by atoms with Crippen LogP contribution in [0.3, 0.4) is 0 Å². The zero-order valence-corrected chi connectivity index (χ0v) is 8.85. The molecule has 0 saturated heterocycles. The van der Waals surface area contributed by atoms with Gasteiger partial charge in [-0.25, -0.2) is 0 Å². The first kappa shape index (κ1) is 11.9. The SMILES string of the molecule is C=CCNC(=O)C(=O)C=Cc1ccccc1. The van der Waals surface area contributed by atoms with Crippen LogP contribution in [0.1, 0.15) is 5.56 Å². The maximum absolute atomic E-state index is 11.3. The molecule has 82 valence electrons. The van der Waals surface area contributed by atoms with Crippen molar-refractivity contribution in [2.45, 2.75) is 0 Å². The van der Waals surface area contributed by atoms with Crippen LogP contribution >= 0.6 is 0 Å². The molecule has 16 heavy (non-hydrogen) atoms. The molecule has 1 rings (SSSR count). The molecule has 1 amide bonds. The standard InChI is InChI=1S/C13H13NO2/c1-2-10-14-13(16)12(15)9-8-11-6-4-3-5-7-11/h2-9H,1,10H2,(H,14,16). The van der Waals surface area contributed by atoms with E-state index in [1.165, 1.54) is 12.2 Å². The largest absolute Gasteiger partial charge is 0.346 e. The van der Waals surface area contributed by atoms with Crippen molar-refractivity contribution in [3.8, 4) is 0 Å². The number of hydrogen-bond donors (Lipinski definition) is 1. The second kappa shape index (κ2) is 6.35. The number of amides is 1. The number of rotatable bonds is 5. The highest BCUT2D eigenvalue weighted by atomic mass is 16.2. The summed E-state index contributed by atoms with van der Waals surface area (Å²) in [6, 6.07) is 9.32. The summed E-state index contributed by atoms with van der Waals surface area (Å²) < 4.78 is 0. The van der Waals surface area contributed by atoms with Crippen LogP contribution in [0, 0.1) is 0 Å². The van der Waals surface area contributed by atoms with Crippen molar-refractivity contribution in [3.05, 3.63) is 54.6 Å². The van der Waals surface area contributed by atoms with Gasteiger partial charge in [0.15, 0.2) is 0 Å². The van der Waals surface area contributed by atoms with E-state index in [2.05, 4.69) is 11.9 Å². The van der Waals surface area contributed by atoms with Gasteiger partial charge in [0.1, 0.15) is 0 Å². The molecule has 3 nitrogen and oxygen atoms in total. The van der Waals surface area contributed by atoms with Gasteiger partial charge in [0.05, 0.1) is 0 Å². The fraction of sp³-hybridized carbons (Fsp3) is 0.0769. The van der Waals surface area contributed by atoms with Gasteiger partial charge in [-0.2, -0.15) is 0 Å². The van der Waals surface area contributed by atoms with E-state index in [9.17, 15) is 9.59 Å². The summed E-state index contributed by atoms with van der Waals surface area (Å²) in [6.07, 6.45) is 4.38. The Kier molecular flexibility index (Phi) is 4.73. The minimum absolute atomic E-state index is 0.295. The van der Waals surface area contributed by atoms with Crippen LogP contribution in [0.2, 0.25) is 0 Å². The zero-order valence-electron chi connectivity index (χ0n) is 8.85. The van der Waals surface area contributed by atoms with Crippen molar-refractivity contribution in [1.82, 2.24) is 5.32 Å². The lowest BCUT2D eigenvalue weighted by Crippen LogP contribution is -2.29. The molecular formula is C13H13NO2. The van der Waals surface area contributed by atoms with Crippen molar-refractivity contribution in [1.29, 1.82) is 0 Å². The Hall–Kier alpha value is -2.16. The first-order chi connectivity index (χ1) is 7.74. The summed E-state index contributed by atoms with van der Waals surface area (Å²) in [5.74, 6) is -1.18. The van der Waals surface area contributed by atoms with Gasteiger partial charge in [0.2, 0.25) is 5.78 Å². The fourth-order valence-corrected chi connectivity index (χ4v) is 1.06. The Morgan fingerprint density at radius 2 is 1.94 bits per heavy atom. The number of nitrogens with one attached hydrogen (secondary N) is 1. The molecule has 0 saturated carbocycles. The Balaban J connectivity index is 2.54. The molecule has 0 fully saturated rings. The highest BCUT2D eigenvalue weighted by Gasteiger charge is 2.07.